The number of methoxy groups -OCH3 is 1. The molecule has 0 bridgehead atoms. The Morgan fingerprint density at radius 3 is 2.82 bits per heavy atom. The molecule has 0 spiro atoms. The van der Waals surface area contributed by atoms with Gasteiger partial charge in [0.05, 0.1) is 25.3 Å². The number of aryl methyl sites for hydroxylation is 1. The molecular formula is C27H30F4N6O2. The first-order valence-electron chi connectivity index (χ1n) is 12.8. The molecule has 8 nitrogen and oxygen atoms in total. The number of alkyl halides is 3. The van der Waals surface area contributed by atoms with Crippen molar-refractivity contribution in [2.75, 3.05) is 26.7 Å². The number of ether oxygens (including phenoxy) is 1. The number of piperidine rings is 1. The molecule has 12 heteroatoms. The highest BCUT2D eigenvalue weighted by atomic mass is 19.4. The highest BCUT2D eigenvalue weighted by Gasteiger charge is 2.45. The third-order valence-electron chi connectivity index (χ3n) is 7.39. The zero-order valence-corrected chi connectivity index (χ0v) is 21.7. The second-order valence-electron chi connectivity index (χ2n) is 10.1. The average molecular weight is 547 g/mol. The van der Waals surface area contributed by atoms with Crippen molar-refractivity contribution in [1.29, 1.82) is 0 Å². The Labute approximate surface area is 223 Å². The Morgan fingerprint density at radius 2 is 2.08 bits per heavy atom. The van der Waals surface area contributed by atoms with Crippen LogP contribution in [0.25, 0.3) is 11.3 Å². The van der Waals surface area contributed by atoms with Crippen LogP contribution in [-0.4, -0.2) is 70.0 Å². The molecule has 2 amide bonds. The standard InChI is InChI=1S/C27H30F4N6O2/c1-16-10-17(6-8-32-16)25-21-15-37(9-7-23(21)34-35-25)26(38)33-19-11-18(27(29,30)31)12-36(13-19)14-20-22(28)4-3-5-24(20)39-2/h3-6,8,10,18-19H,7,9,11-15H2,1-2H3,(H,33,38)(H,34,35)/t18-,19+/m1/s1. The zero-order valence-electron chi connectivity index (χ0n) is 21.7. The summed E-state index contributed by atoms with van der Waals surface area (Å²) in [4.78, 5) is 20.6. The van der Waals surface area contributed by atoms with E-state index in [4.69, 9.17) is 4.74 Å². The van der Waals surface area contributed by atoms with Crippen molar-refractivity contribution in [2.45, 2.75) is 45.1 Å². The number of aromatic nitrogens is 3. The fraction of sp³-hybridized carbons (Fsp3) is 0.444. The molecule has 0 saturated carbocycles. The summed E-state index contributed by atoms with van der Waals surface area (Å²) < 4.78 is 61.3. The Balaban J connectivity index is 1.31. The number of carbonyl (C=O) groups is 1. The summed E-state index contributed by atoms with van der Waals surface area (Å²) in [6, 6.07) is 6.88. The van der Waals surface area contributed by atoms with Crippen LogP contribution in [0.3, 0.4) is 0 Å². The Kier molecular flexibility index (Phi) is 7.48. The summed E-state index contributed by atoms with van der Waals surface area (Å²) in [6.07, 6.45) is -2.45. The van der Waals surface area contributed by atoms with Crippen molar-refractivity contribution >= 4 is 6.03 Å². The molecule has 39 heavy (non-hydrogen) atoms. The minimum Gasteiger partial charge on any atom is -0.496 e. The summed E-state index contributed by atoms with van der Waals surface area (Å²) in [5, 5.41) is 10.3. The predicted octanol–water partition coefficient (Wildman–Crippen LogP) is 4.45. The molecule has 0 unspecified atom stereocenters. The molecule has 5 rings (SSSR count). The first kappa shape index (κ1) is 26.9. The predicted molar refractivity (Wildman–Crippen MR) is 135 cm³/mol. The molecule has 3 aromatic rings. The van der Waals surface area contributed by atoms with Gasteiger partial charge in [0.2, 0.25) is 0 Å². The van der Waals surface area contributed by atoms with E-state index in [0.29, 0.717) is 13.0 Å². The van der Waals surface area contributed by atoms with Crippen LogP contribution in [0.5, 0.6) is 5.75 Å². The van der Waals surface area contributed by atoms with Crippen molar-refractivity contribution in [2.24, 2.45) is 5.92 Å². The molecule has 2 aliphatic heterocycles. The Hall–Kier alpha value is -3.67. The number of carbonyl (C=O) groups excluding carboxylic acids is 1. The number of hydrogen-bond acceptors (Lipinski definition) is 5. The van der Waals surface area contributed by atoms with Crippen LogP contribution < -0.4 is 10.1 Å². The number of aromatic amines is 1. The molecule has 0 aliphatic carbocycles. The first-order chi connectivity index (χ1) is 18.6. The number of H-pyrrole nitrogens is 1. The number of likely N-dealkylation sites (tertiary alicyclic amines) is 1. The van der Waals surface area contributed by atoms with Crippen LogP contribution in [0.15, 0.2) is 36.5 Å². The molecule has 1 saturated heterocycles. The smallest absolute Gasteiger partial charge is 0.393 e. The number of pyridine rings is 1. The van der Waals surface area contributed by atoms with E-state index in [1.165, 1.54) is 24.1 Å². The SMILES string of the molecule is COc1cccc(F)c1CN1C[C@@H](NC(=O)N2CCc3[nH]nc(-c4ccnc(C)c4)c3C2)C[C@@H](C(F)(F)F)C1. The number of halogens is 4. The van der Waals surface area contributed by atoms with Gasteiger partial charge in [0.15, 0.2) is 0 Å². The van der Waals surface area contributed by atoms with Gasteiger partial charge < -0.3 is 15.0 Å². The van der Waals surface area contributed by atoms with E-state index in [-0.39, 0.29) is 43.9 Å². The van der Waals surface area contributed by atoms with Crippen LogP contribution in [0.4, 0.5) is 22.4 Å². The van der Waals surface area contributed by atoms with Crippen LogP contribution in [0, 0.1) is 18.7 Å². The topological polar surface area (TPSA) is 86.4 Å². The fourth-order valence-electron chi connectivity index (χ4n) is 5.43. The van der Waals surface area contributed by atoms with Gasteiger partial charge in [0.1, 0.15) is 11.6 Å². The number of urea groups is 1. The number of nitrogens with zero attached hydrogens (tertiary/aromatic N) is 4. The second kappa shape index (κ2) is 10.8. The lowest BCUT2D eigenvalue weighted by Crippen LogP contribution is -2.56. The van der Waals surface area contributed by atoms with E-state index in [1.807, 2.05) is 19.1 Å². The first-order valence-corrected chi connectivity index (χ1v) is 12.8. The summed E-state index contributed by atoms with van der Waals surface area (Å²) in [7, 11) is 1.39. The summed E-state index contributed by atoms with van der Waals surface area (Å²) in [5.41, 5.74) is 4.45. The van der Waals surface area contributed by atoms with E-state index in [0.717, 1.165) is 28.2 Å². The van der Waals surface area contributed by atoms with Crippen LogP contribution in [-0.2, 0) is 19.5 Å². The Bertz CT molecular complexity index is 1340. The maximum Gasteiger partial charge on any atom is 0.393 e. The Morgan fingerprint density at radius 1 is 1.26 bits per heavy atom. The van der Waals surface area contributed by atoms with Gasteiger partial charge in [-0.15, -0.1) is 0 Å². The lowest BCUT2D eigenvalue weighted by Gasteiger charge is -2.40. The van der Waals surface area contributed by atoms with Crippen molar-refractivity contribution < 1.29 is 27.1 Å². The van der Waals surface area contributed by atoms with Crippen LogP contribution in [0.1, 0.15) is 28.9 Å². The van der Waals surface area contributed by atoms with Gasteiger partial charge in [0.25, 0.3) is 0 Å². The molecule has 2 atom stereocenters. The van der Waals surface area contributed by atoms with E-state index < -0.39 is 30.0 Å². The molecule has 208 valence electrons. The fourth-order valence-corrected chi connectivity index (χ4v) is 5.43. The zero-order chi connectivity index (χ0) is 27.7. The number of nitrogens with one attached hydrogen (secondary N) is 2. The van der Waals surface area contributed by atoms with Gasteiger partial charge >= 0.3 is 12.2 Å². The lowest BCUT2D eigenvalue weighted by molar-refractivity contribution is -0.189. The van der Waals surface area contributed by atoms with E-state index in [2.05, 4.69) is 20.5 Å². The van der Waals surface area contributed by atoms with E-state index >= 15 is 0 Å². The average Bonchev–Trinajstić information content (AvgIpc) is 3.32. The molecule has 4 heterocycles. The highest BCUT2D eigenvalue weighted by Crippen LogP contribution is 2.35. The third kappa shape index (κ3) is 5.85. The van der Waals surface area contributed by atoms with Crippen molar-refractivity contribution in [3.63, 3.8) is 0 Å². The van der Waals surface area contributed by atoms with Gasteiger partial charge in [-0.25, -0.2) is 9.18 Å². The number of fused-ring (bicyclic) bond motifs is 1. The molecule has 2 aromatic heterocycles. The van der Waals surface area contributed by atoms with Crippen molar-refractivity contribution in [1.82, 2.24) is 30.3 Å². The van der Waals surface area contributed by atoms with Gasteiger partial charge in [-0.2, -0.15) is 18.3 Å². The summed E-state index contributed by atoms with van der Waals surface area (Å²) >= 11 is 0. The molecule has 2 N–H and O–H groups in total. The van der Waals surface area contributed by atoms with Gasteiger partial charge in [-0.3, -0.25) is 15.0 Å². The van der Waals surface area contributed by atoms with E-state index in [1.54, 1.807) is 17.2 Å². The number of benzene rings is 1. The number of hydrogen-bond donors (Lipinski definition) is 2. The largest absolute Gasteiger partial charge is 0.496 e. The van der Waals surface area contributed by atoms with Crippen LogP contribution in [0.2, 0.25) is 0 Å². The lowest BCUT2D eigenvalue weighted by atomic mass is 9.93. The molecule has 1 aromatic carbocycles. The molecular weight excluding hydrogens is 516 g/mol. The molecule has 0 radical (unpaired) electrons. The van der Waals surface area contributed by atoms with Gasteiger partial charge in [-0.1, -0.05) is 6.07 Å². The van der Waals surface area contributed by atoms with E-state index in [9.17, 15) is 22.4 Å². The second-order valence-corrected chi connectivity index (χ2v) is 10.1. The van der Waals surface area contributed by atoms with Crippen molar-refractivity contribution in [3.8, 4) is 17.0 Å². The van der Waals surface area contributed by atoms with Crippen molar-refractivity contribution in [3.05, 3.63) is 64.9 Å². The summed E-state index contributed by atoms with van der Waals surface area (Å²) in [5.74, 6) is -1.93. The van der Waals surface area contributed by atoms with Gasteiger partial charge in [-0.05, 0) is 37.6 Å². The number of rotatable bonds is 5. The quantitative estimate of drug-likeness (QED) is 0.462. The minimum absolute atomic E-state index is 0.0639. The molecule has 2 aliphatic rings. The monoisotopic (exact) mass is 546 g/mol. The minimum atomic E-state index is -4.45. The number of amides is 2. The third-order valence-corrected chi connectivity index (χ3v) is 7.39. The molecule has 1 fully saturated rings. The maximum atomic E-state index is 14.5. The van der Waals surface area contributed by atoms with Crippen LogP contribution >= 0.6 is 0 Å². The normalized spacial score (nSPS) is 20.0. The maximum absolute atomic E-state index is 14.5. The van der Waals surface area contributed by atoms with Gasteiger partial charge in [0, 0.05) is 72.9 Å². The summed E-state index contributed by atoms with van der Waals surface area (Å²) in [6.45, 7) is 2.37. The highest BCUT2D eigenvalue weighted by molar-refractivity contribution is 5.76.